The van der Waals surface area contributed by atoms with Crippen molar-refractivity contribution in [2.24, 2.45) is 10.2 Å². The summed E-state index contributed by atoms with van der Waals surface area (Å²) in [6.07, 6.45) is 8.35. The topological polar surface area (TPSA) is 58.9 Å². The summed E-state index contributed by atoms with van der Waals surface area (Å²) in [6, 6.07) is 0. The Balaban J connectivity index is 2.22. The van der Waals surface area contributed by atoms with Crippen molar-refractivity contribution < 1.29 is 8.42 Å². The largest absolute Gasteiger partial charge is 0.218 e. The van der Waals surface area contributed by atoms with E-state index >= 15 is 0 Å². The fraction of sp³-hybridized carbons (Fsp3) is 0.750. The fourth-order valence-electron chi connectivity index (χ4n) is 1.02. The van der Waals surface area contributed by atoms with Gasteiger partial charge in [0.25, 0.3) is 0 Å². The van der Waals surface area contributed by atoms with Crippen molar-refractivity contribution in [1.29, 1.82) is 0 Å². The number of hydrogen-bond acceptors (Lipinski definition) is 5. The van der Waals surface area contributed by atoms with Crippen LogP contribution in [0.3, 0.4) is 0 Å². The van der Waals surface area contributed by atoms with Gasteiger partial charge in [-0.05, 0) is 10.8 Å². The maximum absolute atomic E-state index is 10.8. The Morgan fingerprint density at radius 2 is 2.07 bits per heavy atom. The highest BCUT2D eigenvalue weighted by Gasteiger charge is 2.38. The van der Waals surface area contributed by atoms with E-state index in [1.807, 2.05) is 0 Å². The molecule has 0 saturated heterocycles. The summed E-state index contributed by atoms with van der Waals surface area (Å²) in [5, 5.41) is 7.82. The standard InChI is InChI=1S/C8H12N2O2S2/c1-3-4-5-8(9-10-8)6-7-13-14(2,11)12/h1H,4-7H2,2H3. The summed E-state index contributed by atoms with van der Waals surface area (Å²) in [4.78, 5) is 0. The molecule has 0 bridgehead atoms. The first-order valence-electron chi connectivity index (χ1n) is 4.19. The lowest BCUT2D eigenvalue weighted by atomic mass is 10.1. The van der Waals surface area contributed by atoms with Gasteiger partial charge in [-0.2, -0.15) is 10.2 Å². The highest BCUT2D eigenvalue weighted by atomic mass is 33.1. The molecule has 78 valence electrons. The van der Waals surface area contributed by atoms with Crippen LogP contribution in [0, 0.1) is 12.3 Å². The van der Waals surface area contributed by atoms with Gasteiger partial charge in [-0.1, -0.05) is 0 Å². The highest BCUT2D eigenvalue weighted by Crippen LogP contribution is 2.37. The van der Waals surface area contributed by atoms with Crippen LogP contribution in [-0.4, -0.2) is 26.1 Å². The third-order valence-corrected chi connectivity index (χ3v) is 4.44. The van der Waals surface area contributed by atoms with Crippen LogP contribution in [0.15, 0.2) is 10.2 Å². The van der Waals surface area contributed by atoms with Crippen LogP contribution < -0.4 is 0 Å². The molecular weight excluding hydrogens is 220 g/mol. The van der Waals surface area contributed by atoms with Gasteiger partial charge in [0.15, 0.2) is 14.5 Å². The van der Waals surface area contributed by atoms with Gasteiger partial charge in [0.05, 0.1) is 0 Å². The highest BCUT2D eigenvalue weighted by molar-refractivity contribution is 8.71. The molecule has 0 aromatic rings. The summed E-state index contributed by atoms with van der Waals surface area (Å²) in [6.45, 7) is 0. The summed E-state index contributed by atoms with van der Waals surface area (Å²) in [5.41, 5.74) is -0.357. The first-order valence-corrected chi connectivity index (χ1v) is 7.59. The molecule has 1 aliphatic heterocycles. The minimum absolute atomic E-state index is 0.357. The summed E-state index contributed by atoms with van der Waals surface area (Å²) in [5.74, 6) is 3.05. The molecule has 6 heteroatoms. The van der Waals surface area contributed by atoms with Crippen LogP contribution in [0.2, 0.25) is 0 Å². The molecule has 0 N–H and O–H groups in total. The van der Waals surface area contributed by atoms with E-state index in [2.05, 4.69) is 16.1 Å². The van der Waals surface area contributed by atoms with E-state index in [-0.39, 0.29) is 5.66 Å². The number of nitrogens with zero attached hydrogens (tertiary/aromatic N) is 2. The maximum atomic E-state index is 10.8. The zero-order valence-electron chi connectivity index (χ0n) is 7.93. The van der Waals surface area contributed by atoms with Crippen LogP contribution in [0.1, 0.15) is 19.3 Å². The van der Waals surface area contributed by atoms with Crippen molar-refractivity contribution in [3.05, 3.63) is 0 Å². The van der Waals surface area contributed by atoms with Crippen molar-refractivity contribution in [2.45, 2.75) is 24.9 Å². The molecule has 0 aromatic carbocycles. The monoisotopic (exact) mass is 232 g/mol. The lowest BCUT2D eigenvalue weighted by Gasteiger charge is -2.06. The maximum Gasteiger partial charge on any atom is 0.198 e. The summed E-state index contributed by atoms with van der Waals surface area (Å²) < 4.78 is 21.6. The van der Waals surface area contributed by atoms with Gasteiger partial charge in [0.2, 0.25) is 0 Å². The normalized spacial score (nSPS) is 17.7. The average Bonchev–Trinajstić information content (AvgIpc) is 2.80. The Hall–Kier alpha value is -0.540. The third-order valence-electron chi connectivity index (χ3n) is 1.85. The zero-order valence-corrected chi connectivity index (χ0v) is 9.57. The molecule has 0 radical (unpaired) electrons. The quantitative estimate of drug-likeness (QED) is 0.517. The van der Waals surface area contributed by atoms with Gasteiger partial charge in [-0.15, -0.1) is 12.3 Å². The van der Waals surface area contributed by atoms with Crippen molar-refractivity contribution in [2.75, 3.05) is 12.0 Å². The van der Waals surface area contributed by atoms with Crippen molar-refractivity contribution in [3.63, 3.8) is 0 Å². The molecule has 0 aliphatic carbocycles. The lowest BCUT2D eigenvalue weighted by Crippen LogP contribution is -2.12. The lowest BCUT2D eigenvalue weighted by molar-refractivity contribution is 0.544. The predicted octanol–water partition coefficient (Wildman–Crippen LogP) is 1.64. The van der Waals surface area contributed by atoms with Crippen LogP contribution in [-0.2, 0) is 8.87 Å². The van der Waals surface area contributed by atoms with Crippen molar-refractivity contribution >= 4 is 19.7 Å². The molecule has 0 atom stereocenters. The van der Waals surface area contributed by atoms with Crippen LogP contribution in [0.5, 0.6) is 0 Å². The molecule has 0 unspecified atom stereocenters. The van der Waals surface area contributed by atoms with E-state index in [0.29, 0.717) is 18.6 Å². The van der Waals surface area contributed by atoms with Gasteiger partial charge in [-0.3, -0.25) is 0 Å². The smallest absolute Gasteiger partial charge is 0.198 e. The zero-order chi connectivity index (χ0) is 10.7. The molecular formula is C8H12N2O2S2. The molecule has 1 aliphatic rings. The third kappa shape index (κ3) is 4.11. The fourth-order valence-corrected chi connectivity index (χ4v) is 2.90. The van der Waals surface area contributed by atoms with E-state index in [0.717, 1.165) is 17.2 Å². The first-order chi connectivity index (χ1) is 6.47. The second-order valence-corrected chi connectivity index (χ2v) is 7.74. The average molecular weight is 232 g/mol. The molecule has 0 saturated carbocycles. The Morgan fingerprint density at radius 3 is 2.50 bits per heavy atom. The Bertz CT molecular complexity index is 361. The van der Waals surface area contributed by atoms with Gasteiger partial charge < -0.3 is 0 Å². The van der Waals surface area contributed by atoms with Crippen LogP contribution in [0.25, 0.3) is 0 Å². The van der Waals surface area contributed by atoms with Gasteiger partial charge in [-0.25, -0.2) is 8.42 Å². The number of rotatable bonds is 6. The SMILES string of the molecule is C#CCCC1(CCSS(C)(=O)=O)N=N1. The predicted molar refractivity (Wildman–Crippen MR) is 57.6 cm³/mol. The first kappa shape index (κ1) is 11.5. The van der Waals surface area contributed by atoms with Crippen LogP contribution >= 0.6 is 10.8 Å². The second-order valence-electron chi connectivity index (χ2n) is 3.16. The minimum Gasteiger partial charge on any atom is -0.218 e. The number of terminal acetylenes is 1. The second kappa shape index (κ2) is 4.32. The van der Waals surface area contributed by atoms with Gasteiger partial charge in [0, 0.05) is 31.3 Å². The van der Waals surface area contributed by atoms with E-state index in [4.69, 9.17) is 6.42 Å². The number of hydrogen-bond donors (Lipinski definition) is 0. The van der Waals surface area contributed by atoms with Crippen LogP contribution in [0.4, 0.5) is 0 Å². The molecule has 0 spiro atoms. The van der Waals surface area contributed by atoms with Gasteiger partial charge >= 0.3 is 0 Å². The van der Waals surface area contributed by atoms with E-state index in [9.17, 15) is 8.42 Å². The molecule has 0 aromatic heterocycles. The molecule has 1 rings (SSSR count). The summed E-state index contributed by atoms with van der Waals surface area (Å²) >= 11 is 0. The van der Waals surface area contributed by atoms with Gasteiger partial charge in [0.1, 0.15) is 0 Å². The van der Waals surface area contributed by atoms with Crippen molar-refractivity contribution in [3.8, 4) is 12.3 Å². The molecule has 4 nitrogen and oxygen atoms in total. The van der Waals surface area contributed by atoms with E-state index in [1.54, 1.807) is 0 Å². The van der Waals surface area contributed by atoms with Crippen molar-refractivity contribution in [1.82, 2.24) is 0 Å². The molecule has 0 amide bonds. The van der Waals surface area contributed by atoms with E-state index in [1.165, 1.54) is 6.26 Å². The Kier molecular flexibility index (Phi) is 3.56. The molecule has 0 fully saturated rings. The Morgan fingerprint density at radius 1 is 1.43 bits per heavy atom. The molecule has 1 heterocycles. The molecule has 14 heavy (non-hydrogen) atoms. The Labute approximate surface area is 87.9 Å². The minimum atomic E-state index is -2.95. The van der Waals surface area contributed by atoms with E-state index < -0.39 is 8.87 Å². The summed E-state index contributed by atoms with van der Waals surface area (Å²) in [7, 11) is -2.01.